The summed E-state index contributed by atoms with van der Waals surface area (Å²) in [5, 5.41) is 6.85. The van der Waals surface area contributed by atoms with E-state index in [0.29, 0.717) is 12.3 Å². The zero-order valence-corrected chi connectivity index (χ0v) is 11.7. The fraction of sp³-hybridized carbons (Fsp3) is 0.357. The molecule has 1 aromatic heterocycles. The van der Waals surface area contributed by atoms with Crippen LogP contribution in [0.3, 0.4) is 0 Å². The number of nitrogens with two attached hydrogens (primary N) is 1. The Hall–Kier alpha value is -2.21. The van der Waals surface area contributed by atoms with Gasteiger partial charge in [0.25, 0.3) is 0 Å². The largest absolute Gasteiger partial charge is 0.325 e. The lowest BCUT2D eigenvalue weighted by atomic mass is 10.0. The van der Waals surface area contributed by atoms with Crippen molar-refractivity contribution in [1.29, 1.82) is 0 Å². The molecule has 6 nitrogen and oxygen atoms in total. The molecular weight excluding hydrogens is 254 g/mol. The Bertz CT molecular complexity index is 547. The van der Waals surface area contributed by atoms with E-state index in [2.05, 4.69) is 15.4 Å². The molecule has 106 valence electrons. The van der Waals surface area contributed by atoms with Crippen molar-refractivity contribution in [2.75, 3.05) is 5.32 Å². The Labute approximate surface area is 118 Å². The van der Waals surface area contributed by atoms with Crippen LogP contribution in [0, 0.1) is 5.92 Å². The molecule has 1 aromatic carbocycles. The molecule has 0 spiro atoms. The van der Waals surface area contributed by atoms with Crippen molar-refractivity contribution in [1.82, 2.24) is 14.8 Å². The summed E-state index contributed by atoms with van der Waals surface area (Å²) in [5.41, 5.74) is 7.44. The molecule has 20 heavy (non-hydrogen) atoms. The molecule has 0 radical (unpaired) electrons. The van der Waals surface area contributed by atoms with Crippen LogP contribution in [0.2, 0.25) is 0 Å². The number of nitrogens with one attached hydrogen (secondary N) is 1. The number of hydrogen-bond acceptors (Lipinski definition) is 4. The second-order valence-electron chi connectivity index (χ2n) is 5.11. The molecule has 0 saturated carbocycles. The Morgan fingerprint density at radius 3 is 2.60 bits per heavy atom. The minimum Gasteiger partial charge on any atom is -0.325 e. The van der Waals surface area contributed by atoms with Crippen molar-refractivity contribution in [2.45, 2.75) is 26.3 Å². The minimum atomic E-state index is -0.481. The number of carbonyl (C=O) groups is 1. The molecule has 1 amide bonds. The first-order valence-electron chi connectivity index (χ1n) is 6.58. The predicted octanol–water partition coefficient (Wildman–Crippen LogP) is 1.58. The number of amides is 1. The quantitative estimate of drug-likeness (QED) is 0.866. The summed E-state index contributed by atoms with van der Waals surface area (Å²) in [5.74, 6) is 0.234. The van der Waals surface area contributed by atoms with Gasteiger partial charge in [-0.15, -0.1) is 0 Å². The summed E-state index contributed by atoms with van der Waals surface area (Å²) in [6, 6.07) is 6.87. The molecule has 0 bridgehead atoms. The van der Waals surface area contributed by atoms with Gasteiger partial charge in [-0.25, -0.2) is 9.67 Å². The molecule has 2 aromatic rings. The van der Waals surface area contributed by atoms with Crippen LogP contribution in [0.15, 0.2) is 36.9 Å². The first-order valence-corrected chi connectivity index (χ1v) is 6.58. The topological polar surface area (TPSA) is 85.8 Å². The van der Waals surface area contributed by atoms with Crippen molar-refractivity contribution in [3.63, 3.8) is 0 Å². The molecule has 3 N–H and O–H groups in total. The molecule has 0 unspecified atom stereocenters. The first kappa shape index (κ1) is 14.2. The highest BCUT2D eigenvalue weighted by Crippen LogP contribution is 2.13. The maximum absolute atomic E-state index is 11.9. The van der Waals surface area contributed by atoms with E-state index in [4.69, 9.17) is 5.73 Å². The maximum atomic E-state index is 11.9. The summed E-state index contributed by atoms with van der Waals surface area (Å²) in [6.45, 7) is 4.08. The van der Waals surface area contributed by atoms with Gasteiger partial charge in [-0.05, 0) is 36.6 Å². The van der Waals surface area contributed by atoms with E-state index in [1.165, 1.54) is 6.33 Å². The molecule has 2 rings (SSSR count). The molecule has 1 heterocycles. The second-order valence-corrected chi connectivity index (χ2v) is 5.11. The minimum absolute atomic E-state index is 0.160. The number of rotatable bonds is 5. The van der Waals surface area contributed by atoms with Gasteiger partial charge >= 0.3 is 0 Å². The summed E-state index contributed by atoms with van der Waals surface area (Å²) in [4.78, 5) is 15.8. The smallest absolute Gasteiger partial charge is 0.241 e. The lowest BCUT2D eigenvalue weighted by Gasteiger charge is -2.14. The molecule has 0 aliphatic rings. The van der Waals surface area contributed by atoms with Crippen LogP contribution in [0.25, 0.3) is 5.69 Å². The molecule has 1 atom stereocenters. The molecular formula is C14H19N5O. The van der Waals surface area contributed by atoms with Gasteiger partial charge in [0, 0.05) is 5.69 Å². The zero-order chi connectivity index (χ0) is 14.5. The molecule has 0 aliphatic heterocycles. The summed E-state index contributed by atoms with van der Waals surface area (Å²) in [7, 11) is 0. The lowest BCUT2D eigenvalue weighted by molar-refractivity contribution is -0.117. The third-order valence-electron chi connectivity index (χ3n) is 2.88. The number of hydrogen-bond donors (Lipinski definition) is 2. The highest BCUT2D eigenvalue weighted by Gasteiger charge is 2.14. The van der Waals surface area contributed by atoms with Gasteiger partial charge in [0.15, 0.2) is 0 Å². The van der Waals surface area contributed by atoms with Crippen molar-refractivity contribution in [3.05, 3.63) is 36.9 Å². The van der Waals surface area contributed by atoms with Gasteiger partial charge < -0.3 is 11.1 Å². The number of aromatic nitrogens is 3. The van der Waals surface area contributed by atoms with E-state index in [-0.39, 0.29) is 5.91 Å². The van der Waals surface area contributed by atoms with Gasteiger partial charge in [0.1, 0.15) is 12.7 Å². The van der Waals surface area contributed by atoms with Gasteiger partial charge in [-0.1, -0.05) is 13.8 Å². The van der Waals surface area contributed by atoms with E-state index >= 15 is 0 Å². The lowest BCUT2D eigenvalue weighted by Crippen LogP contribution is -2.36. The fourth-order valence-corrected chi connectivity index (χ4v) is 1.89. The Kier molecular flexibility index (Phi) is 4.47. The number of benzene rings is 1. The van der Waals surface area contributed by atoms with E-state index in [1.54, 1.807) is 11.0 Å². The average molecular weight is 273 g/mol. The number of nitrogens with zero attached hydrogens (tertiary/aromatic N) is 3. The molecule has 0 aliphatic carbocycles. The van der Waals surface area contributed by atoms with Crippen LogP contribution < -0.4 is 11.1 Å². The van der Waals surface area contributed by atoms with Crippen LogP contribution in [0.1, 0.15) is 20.3 Å². The normalized spacial score (nSPS) is 12.4. The van der Waals surface area contributed by atoms with Crippen molar-refractivity contribution >= 4 is 11.6 Å². The summed E-state index contributed by atoms with van der Waals surface area (Å²) >= 11 is 0. The van der Waals surface area contributed by atoms with Crippen LogP contribution in [-0.2, 0) is 4.79 Å². The van der Waals surface area contributed by atoms with E-state index < -0.39 is 6.04 Å². The van der Waals surface area contributed by atoms with Crippen molar-refractivity contribution < 1.29 is 4.79 Å². The monoisotopic (exact) mass is 273 g/mol. The van der Waals surface area contributed by atoms with Crippen LogP contribution >= 0.6 is 0 Å². The highest BCUT2D eigenvalue weighted by atomic mass is 16.2. The van der Waals surface area contributed by atoms with E-state index in [9.17, 15) is 4.79 Å². The van der Waals surface area contributed by atoms with Gasteiger partial charge in [-0.2, -0.15) is 5.10 Å². The van der Waals surface area contributed by atoms with E-state index in [1.807, 2.05) is 38.1 Å². The summed E-state index contributed by atoms with van der Waals surface area (Å²) in [6.07, 6.45) is 3.76. The van der Waals surface area contributed by atoms with Crippen LogP contribution in [0.5, 0.6) is 0 Å². The van der Waals surface area contributed by atoms with Gasteiger partial charge in [0.2, 0.25) is 5.91 Å². The third kappa shape index (κ3) is 3.64. The van der Waals surface area contributed by atoms with Crippen molar-refractivity contribution in [2.24, 2.45) is 11.7 Å². The average Bonchev–Trinajstić information content (AvgIpc) is 2.92. The van der Waals surface area contributed by atoms with Crippen LogP contribution in [0.4, 0.5) is 5.69 Å². The Morgan fingerprint density at radius 2 is 2.05 bits per heavy atom. The standard InChI is InChI=1S/C14H19N5O/c1-10(2)7-13(15)14(20)18-11-3-5-12(6-4-11)19-9-16-8-17-19/h3-6,8-10,13H,7,15H2,1-2H3,(H,18,20)/t13-/m0/s1. The SMILES string of the molecule is CC(C)C[C@H](N)C(=O)Nc1ccc(-n2cncn2)cc1. The first-order chi connectivity index (χ1) is 9.56. The molecule has 0 saturated heterocycles. The van der Waals surface area contributed by atoms with Crippen molar-refractivity contribution in [3.8, 4) is 5.69 Å². The van der Waals surface area contributed by atoms with Gasteiger partial charge in [0.05, 0.1) is 11.7 Å². The fourth-order valence-electron chi connectivity index (χ4n) is 1.89. The second kappa shape index (κ2) is 6.29. The Balaban J connectivity index is 1.99. The maximum Gasteiger partial charge on any atom is 0.241 e. The molecule has 0 fully saturated rings. The Morgan fingerprint density at radius 1 is 1.35 bits per heavy atom. The zero-order valence-electron chi connectivity index (χ0n) is 11.7. The number of carbonyl (C=O) groups excluding carboxylic acids is 1. The van der Waals surface area contributed by atoms with Gasteiger partial charge in [-0.3, -0.25) is 4.79 Å². The van der Waals surface area contributed by atoms with E-state index in [0.717, 1.165) is 11.4 Å². The molecule has 6 heteroatoms. The number of anilines is 1. The highest BCUT2D eigenvalue weighted by molar-refractivity contribution is 5.94. The third-order valence-corrected chi connectivity index (χ3v) is 2.88. The van der Waals surface area contributed by atoms with Crippen LogP contribution in [-0.4, -0.2) is 26.7 Å². The predicted molar refractivity (Wildman–Crippen MR) is 77.4 cm³/mol. The summed E-state index contributed by atoms with van der Waals surface area (Å²) < 4.78 is 1.65.